The summed E-state index contributed by atoms with van der Waals surface area (Å²) in [7, 11) is 0. The van der Waals surface area contributed by atoms with Gasteiger partial charge in [-0.15, -0.1) is 0 Å². The van der Waals surface area contributed by atoms with Crippen molar-refractivity contribution in [2.45, 2.75) is 18.8 Å². The molecule has 2 rings (SSSR count). The summed E-state index contributed by atoms with van der Waals surface area (Å²) < 4.78 is 26.3. The molecule has 0 aromatic heterocycles. The Morgan fingerprint density at radius 3 is 2.47 bits per heavy atom. The quantitative estimate of drug-likeness (QED) is 0.775. The van der Waals surface area contributed by atoms with Crippen LogP contribution in [0.5, 0.6) is 5.75 Å². The van der Waals surface area contributed by atoms with Gasteiger partial charge in [-0.2, -0.15) is 0 Å². The Bertz CT molecular complexity index is 337. The summed E-state index contributed by atoms with van der Waals surface area (Å²) in [5.41, 5.74) is 0.743. The molecule has 0 atom stereocenters. The van der Waals surface area contributed by atoms with Crippen LogP contribution < -0.4 is 4.90 Å². The number of hydrogen-bond donors (Lipinski definition) is 1. The molecule has 0 aliphatic carbocycles. The SMILES string of the molecule is Oc1ccc(N2CCCC(F)(F)C2)cc1. The van der Waals surface area contributed by atoms with Crippen molar-refractivity contribution in [3.8, 4) is 5.75 Å². The number of nitrogens with zero attached hydrogens (tertiary/aromatic N) is 1. The van der Waals surface area contributed by atoms with Crippen molar-refractivity contribution < 1.29 is 13.9 Å². The summed E-state index contributed by atoms with van der Waals surface area (Å²) in [6.07, 6.45) is 0.482. The van der Waals surface area contributed by atoms with Gasteiger partial charge >= 0.3 is 0 Å². The predicted molar refractivity (Wildman–Crippen MR) is 54.5 cm³/mol. The van der Waals surface area contributed by atoms with Crippen molar-refractivity contribution in [1.82, 2.24) is 0 Å². The Balaban J connectivity index is 2.13. The maximum Gasteiger partial charge on any atom is 0.265 e. The van der Waals surface area contributed by atoms with Gasteiger partial charge in [-0.25, -0.2) is 8.78 Å². The minimum Gasteiger partial charge on any atom is -0.508 e. The van der Waals surface area contributed by atoms with Crippen molar-refractivity contribution in [1.29, 1.82) is 0 Å². The number of hydrogen-bond acceptors (Lipinski definition) is 2. The molecule has 1 N–H and O–H groups in total. The molecule has 0 bridgehead atoms. The number of alkyl halides is 2. The average Bonchev–Trinajstić information content (AvgIpc) is 2.17. The maximum absolute atomic E-state index is 13.1. The number of piperidine rings is 1. The molecule has 15 heavy (non-hydrogen) atoms. The van der Waals surface area contributed by atoms with E-state index in [1.807, 2.05) is 0 Å². The van der Waals surface area contributed by atoms with Gasteiger partial charge in [0.1, 0.15) is 5.75 Å². The van der Waals surface area contributed by atoms with Crippen LogP contribution in [0.15, 0.2) is 24.3 Å². The van der Waals surface area contributed by atoms with Gasteiger partial charge in [0, 0.05) is 18.7 Å². The van der Waals surface area contributed by atoms with Crippen molar-refractivity contribution in [2.24, 2.45) is 0 Å². The van der Waals surface area contributed by atoms with E-state index in [0.717, 1.165) is 5.69 Å². The molecule has 0 amide bonds. The van der Waals surface area contributed by atoms with Crippen LogP contribution in [-0.4, -0.2) is 24.1 Å². The van der Waals surface area contributed by atoms with E-state index in [1.165, 1.54) is 12.1 Å². The molecule has 1 aliphatic rings. The molecule has 0 spiro atoms. The topological polar surface area (TPSA) is 23.5 Å². The maximum atomic E-state index is 13.1. The molecular formula is C11H13F2NO. The Morgan fingerprint density at radius 1 is 1.20 bits per heavy atom. The molecule has 0 unspecified atom stereocenters. The van der Waals surface area contributed by atoms with Gasteiger partial charge in [-0.1, -0.05) is 0 Å². The van der Waals surface area contributed by atoms with Crippen molar-refractivity contribution in [2.75, 3.05) is 18.0 Å². The number of anilines is 1. The summed E-state index contributed by atoms with van der Waals surface area (Å²) in [4.78, 5) is 1.66. The van der Waals surface area contributed by atoms with Crippen LogP contribution >= 0.6 is 0 Å². The molecule has 0 saturated carbocycles. The lowest BCUT2D eigenvalue weighted by molar-refractivity contribution is -0.0116. The molecule has 1 aromatic rings. The Labute approximate surface area is 87.1 Å². The molecule has 1 fully saturated rings. The third-order valence-electron chi connectivity index (χ3n) is 2.61. The van der Waals surface area contributed by atoms with Gasteiger partial charge in [0.05, 0.1) is 6.54 Å². The van der Waals surface area contributed by atoms with E-state index >= 15 is 0 Å². The van der Waals surface area contributed by atoms with Gasteiger partial charge in [0.2, 0.25) is 0 Å². The summed E-state index contributed by atoms with van der Waals surface area (Å²) in [5, 5.41) is 9.09. The van der Waals surface area contributed by atoms with E-state index < -0.39 is 5.92 Å². The highest BCUT2D eigenvalue weighted by molar-refractivity contribution is 5.49. The van der Waals surface area contributed by atoms with Gasteiger partial charge in [-0.05, 0) is 30.7 Å². The summed E-state index contributed by atoms with van der Waals surface area (Å²) in [6, 6.07) is 6.36. The van der Waals surface area contributed by atoms with Crippen molar-refractivity contribution >= 4 is 5.69 Å². The third kappa shape index (κ3) is 2.37. The minimum atomic E-state index is -2.59. The zero-order chi connectivity index (χ0) is 10.9. The monoisotopic (exact) mass is 213 g/mol. The standard InChI is InChI=1S/C11H13F2NO/c12-11(13)6-1-7-14(8-11)9-2-4-10(15)5-3-9/h2-5,15H,1,6-8H2. The normalized spacial score (nSPS) is 20.3. The molecule has 1 aliphatic heterocycles. The lowest BCUT2D eigenvalue weighted by atomic mass is 10.1. The van der Waals surface area contributed by atoms with Crippen LogP contribution in [0.2, 0.25) is 0 Å². The second kappa shape index (κ2) is 3.68. The third-order valence-corrected chi connectivity index (χ3v) is 2.61. The highest BCUT2D eigenvalue weighted by Gasteiger charge is 2.35. The molecule has 1 heterocycles. The molecule has 2 nitrogen and oxygen atoms in total. The van der Waals surface area contributed by atoms with Crippen LogP contribution in [0.25, 0.3) is 0 Å². The highest BCUT2D eigenvalue weighted by Crippen LogP contribution is 2.30. The fraction of sp³-hybridized carbons (Fsp3) is 0.455. The number of benzene rings is 1. The van der Waals surface area contributed by atoms with E-state index in [2.05, 4.69) is 0 Å². The van der Waals surface area contributed by atoms with E-state index in [1.54, 1.807) is 17.0 Å². The number of rotatable bonds is 1. The second-order valence-electron chi connectivity index (χ2n) is 3.90. The molecule has 0 radical (unpaired) electrons. The molecule has 1 saturated heterocycles. The molecule has 4 heteroatoms. The Kier molecular flexibility index (Phi) is 2.50. The van der Waals surface area contributed by atoms with Gasteiger partial charge in [0.25, 0.3) is 5.92 Å². The van der Waals surface area contributed by atoms with E-state index in [9.17, 15) is 8.78 Å². The number of phenols is 1. The number of aromatic hydroxyl groups is 1. The lowest BCUT2D eigenvalue weighted by Crippen LogP contribution is -2.42. The minimum absolute atomic E-state index is 0.0262. The fourth-order valence-electron chi connectivity index (χ4n) is 1.85. The van der Waals surface area contributed by atoms with E-state index in [-0.39, 0.29) is 18.7 Å². The van der Waals surface area contributed by atoms with Crippen LogP contribution in [0.4, 0.5) is 14.5 Å². The first-order chi connectivity index (χ1) is 7.07. The summed E-state index contributed by atoms with van der Waals surface area (Å²) in [5.74, 6) is -2.43. The Hall–Kier alpha value is -1.32. The first-order valence-corrected chi connectivity index (χ1v) is 4.99. The van der Waals surface area contributed by atoms with Crippen LogP contribution in [0.1, 0.15) is 12.8 Å². The van der Waals surface area contributed by atoms with Gasteiger partial charge < -0.3 is 10.0 Å². The zero-order valence-electron chi connectivity index (χ0n) is 8.29. The van der Waals surface area contributed by atoms with Crippen LogP contribution in [0.3, 0.4) is 0 Å². The zero-order valence-corrected chi connectivity index (χ0v) is 8.29. The van der Waals surface area contributed by atoms with E-state index in [0.29, 0.717) is 13.0 Å². The molecule has 1 aromatic carbocycles. The van der Waals surface area contributed by atoms with Crippen molar-refractivity contribution in [3.05, 3.63) is 24.3 Å². The van der Waals surface area contributed by atoms with E-state index in [4.69, 9.17) is 5.11 Å². The summed E-state index contributed by atoms with van der Waals surface area (Å²) >= 11 is 0. The fourth-order valence-corrected chi connectivity index (χ4v) is 1.85. The number of phenolic OH excluding ortho intramolecular Hbond substituents is 1. The second-order valence-corrected chi connectivity index (χ2v) is 3.90. The van der Waals surface area contributed by atoms with Gasteiger partial charge in [0.15, 0.2) is 0 Å². The highest BCUT2D eigenvalue weighted by atomic mass is 19.3. The van der Waals surface area contributed by atoms with Crippen LogP contribution in [-0.2, 0) is 0 Å². The predicted octanol–water partition coefficient (Wildman–Crippen LogP) is 2.63. The Morgan fingerprint density at radius 2 is 1.87 bits per heavy atom. The molecular weight excluding hydrogens is 200 g/mol. The first kappa shape index (κ1) is 10.2. The largest absolute Gasteiger partial charge is 0.508 e. The lowest BCUT2D eigenvalue weighted by Gasteiger charge is -2.34. The van der Waals surface area contributed by atoms with Crippen LogP contribution in [0, 0.1) is 0 Å². The smallest absolute Gasteiger partial charge is 0.265 e. The van der Waals surface area contributed by atoms with Gasteiger partial charge in [-0.3, -0.25) is 0 Å². The molecule has 82 valence electrons. The first-order valence-electron chi connectivity index (χ1n) is 4.99. The van der Waals surface area contributed by atoms with Crippen molar-refractivity contribution in [3.63, 3.8) is 0 Å². The number of halogens is 2. The average molecular weight is 213 g/mol. The summed E-state index contributed by atoms with van der Waals surface area (Å²) in [6.45, 7) is 0.429.